The van der Waals surface area contributed by atoms with E-state index in [0.29, 0.717) is 0 Å². The fraction of sp³-hybridized carbons (Fsp3) is 0.200. The molecule has 0 bridgehead atoms. The van der Waals surface area contributed by atoms with Gasteiger partial charge in [0.1, 0.15) is 12.4 Å². The maximum atomic E-state index is 11.4. The second-order valence-electron chi connectivity index (χ2n) is 1.58. The lowest BCUT2D eigenvalue weighted by molar-refractivity contribution is -0.284. The first kappa shape index (κ1) is 7.77. The molecular formula is C5H3F3N2O+. The van der Waals surface area contributed by atoms with Gasteiger partial charge in [-0.05, 0) is 9.98 Å². The van der Waals surface area contributed by atoms with E-state index in [2.05, 4.69) is 14.7 Å². The van der Waals surface area contributed by atoms with Crippen LogP contribution in [0.2, 0.25) is 0 Å². The van der Waals surface area contributed by atoms with Crippen LogP contribution in [0.4, 0.5) is 13.2 Å². The Hall–Kier alpha value is -1.33. The van der Waals surface area contributed by atoms with Gasteiger partial charge in [0.05, 0.1) is 0 Å². The van der Waals surface area contributed by atoms with Crippen LogP contribution in [0.3, 0.4) is 0 Å². The maximum absolute atomic E-state index is 11.4. The molecule has 0 saturated carbocycles. The molecule has 0 atom stereocenters. The number of alkyl halides is 3. The molecule has 6 heteroatoms. The molecule has 0 aromatic carbocycles. The van der Waals surface area contributed by atoms with E-state index in [1.165, 1.54) is 6.08 Å². The predicted molar refractivity (Wildman–Crippen MR) is 31.9 cm³/mol. The van der Waals surface area contributed by atoms with E-state index in [0.717, 1.165) is 12.4 Å². The van der Waals surface area contributed by atoms with Gasteiger partial charge in [0.25, 0.3) is 0 Å². The molecule has 0 spiro atoms. The fourth-order valence-electron chi connectivity index (χ4n) is 0.442. The first-order valence-corrected chi connectivity index (χ1v) is 2.61. The molecule has 1 rings (SSSR count). The van der Waals surface area contributed by atoms with Crippen LogP contribution in [0, 0.1) is 0 Å². The van der Waals surface area contributed by atoms with Crippen molar-refractivity contribution in [1.29, 1.82) is 0 Å². The molecule has 1 aliphatic heterocycles. The fourth-order valence-corrected chi connectivity index (χ4v) is 0.442. The van der Waals surface area contributed by atoms with Crippen LogP contribution in [-0.4, -0.2) is 18.6 Å². The van der Waals surface area contributed by atoms with Gasteiger partial charge in [-0.2, -0.15) is 0 Å². The van der Waals surface area contributed by atoms with E-state index >= 15 is 0 Å². The molecule has 0 aliphatic carbocycles. The quantitative estimate of drug-likeness (QED) is 0.521. The summed E-state index contributed by atoms with van der Waals surface area (Å²) >= 11 is 0. The average Bonchev–Trinajstić information content (AvgIpc) is 1.85. The molecule has 59 valence electrons. The highest BCUT2D eigenvalue weighted by atomic mass is 19.4. The van der Waals surface area contributed by atoms with Gasteiger partial charge < -0.3 is 4.74 Å². The monoisotopic (exact) mass is 164 g/mol. The molecule has 0 aromatic heterocycles. The Morgan fingerprint density at radius 1 is 1.45 bits per heavy atom. The van der Waals surface area contributed by atoms with Gasteiger partial charge in [-0.15, -0.1) is 13.2 Å². The molecule has 1 radical (unpaired) electrons. The van der Waals surface area contributed by atoms with Gasteiger partial charge in [-0.25, -0.2) is 0 Å². The molecule has 0 fully saturated rings. The van der Waals surface area contributed by atoms with E-state index in [1.54, 1.807) is 0 Å². The van der Waals surface area contributed by atoms with E-state index in [-0.39, 0.29) is 0 Å². The SMILES string of the molecule is FC(F)(F)OC1=NC=CC=[N+]1. The zero-order valence-electron chi connectivity index (χ0n) is 5.17. The summed E-state index contributed by atoms with van der Waals surface area (Å²) in [5.74, 6) is 0. The van der Waals surface area contributed by atoms with E-state index in [1.807, 2.05) is 0 Å². The van der Waals surface area contributed by atoms with Gasteiger partial charge in [-0.1, -0.05) is 0 Å². The number of hydrogen-bond acceptors (Lipinski definition) is 3. The molecular weight excluding hydrogens is 161 g/mol. The number of aliphatic imine (C=N–C) groups is 2. The second kappa shape index (κ2) is 2.73. The van der Waals surface area contributed by atoms with Crippen LogP contribution in [0.25, 0.3) is 0 Å². The minimum Gasteiger partial charge on any atom is -0.331 e. The molecule has 0 aromatic rings. The molecule has 0 unspecified atom stereocenters. The number of hydrogen-bond donors (Lipinski definition) is 0. The Morgan fingerprint density at radius 2 is 2.18 bits per heavy atom. The molecule has 3 nitrogen and oxygen atoms in total. The van der Waals surface area contributed by atoms with E-state index in [4.69, 9.17) is 0 Å². The third kappa shape index (κ3) is 2.83. The van der Waals surface area contributed by atoms with Crippen molar-refractivity contribution >= 4 is 12.2 Å². The summed E-state index contributed by atoms with van der Waals surface area (Å²) in [5, 5.41) is 0. The highest BCUT2D eigenvalue weighted by Crippen LogP contribution is 2.16. The summed E-state index contributed by atoms with van der Waals surface area (Å²) in [6, 6.07) is -0.694. The third-order valence-electron chi connectivity index (χ3n) is 0.749. The van der Waals surface area contributed by atoms with Crippen molar-refractivity contribution in [3.05, 3.63) is 12.3 Å². The van der Waals surface area contributed by atoms with Gasteiger partial charge in [0.15, 0.2) is 0 Å². The van der Waals surface area contributed by atoms with Crippen molar-refractivity contribution in [3.8, 4) is 0 Å². The maximum Gasteiger partial charge on any atom is 0.578 e. The zero-order chi connectivity index (χ0) is 8.32. The highest BCUT2D eigenvalue weighted by Gasteiger charge is 2.36. The summed E-state index contributed by atoms with van der Waals surface area (Å²) in [5.41, 5.74) is 0. The molecule has 1 aliphatic rings. The lowest BCUT2D eigenvalue weighted by atomic mass is 10.6. The predicted octanol–water partition coefficient (Wildman–Crippen LogP) is 0.813. The standard InChI is InChI=1S/C5H3F3N2O/c6-5(7,8)11-4-9-2-1-3-10-4/h1-3H/q+1. The smallest absolute Gasteiger partial charge is 0.331 e. The van der Waals surface area contributed by atoms with E-state index in [9.17, 15) is 13.2 Å². The van der Waals surface area contributed by atoms with Crippen LogP contribution in [0.1, 0.15) is 0 Å². The molecule has 1 heterocycles. The van der Waals surface area contributed by atoms with Crippen LogP contribution in [0.15, 0.2) is 17.3 Å². The summed E-state index contributed by atoms with van der Waals surface area (Å²) in [6.45, 7) is 0. The summed E-state index contributed by atoms with van der Waals surface area (Å²) < 4.78 is 37.7. The van der Waals surface area contributed by atoms with Crippen molar-refractivity contribution < 1.29 is 17.9 Å². The summed E-state index contributed by atoms with van der Waals surface area (Å²) in [6.07, 6.45) is -1.01. The largest absolute Gasteiger partial charge is 0.578 e. The van der Waals surface area contributed by atoms with Crippen molar-refractivity contribution in [2.45, 2.75) is 6.36 Å². The minimum absolute atomic E-state index is 0.694. The normalized spacial score (nSPS) is 16.5. The zero-order valence-corrected chi connectivity index (χ0v) is 5.17. The Bertz CT molecular complexity index is 228. The average molecular weight is 164 g/mol. The van der Waals surface area contributed by atoms with E-state index < -0.39 is 12.4 Å². The van der Waals surface area contributed by atoms with Gasteiger partial charge >= 0.3 is 12.4 Å². The molecule has 0 amide bonds. The number of rotatable bonds is 0. The van der Waals surface area contributed by atoms with Crippen LogP contribution < -0.4 is 4.99 Å². The van der Waals surface area contributed by atoms with Crippen LogP contribution in [-0.2, 0) is 4.74 Å². The third-order valence-corrected chi connectivity index (χ3v) is 0.749. The van der Waals surface area contributed by atoms with Crippen molar-refractivity contribution in [3.63, 3.8) is 0 Å². The van der Waals surface area contributed by atoms with Gasteiger partial charge in [0.2, 0.25) is 0 Å². The molecule has 0 N–H and O–H groups in total. The van der Waals surface area contributed by atoms with Crippen molar-refractivity contribution in [2.24, 2.45) is 4.99 Å². The Kier molecular flexibility index (Phi) is 1.93. The number of allylic oxidation sites excluding steroid dienone is 1. The van der Waals surface area contributed by atoms with Crippen LogP contribution in [0.5, 0.6) is 0 Å². The molecule has 0 saturated heterocycles. The number of halogens is 3. The lowest BCUT2D eigenvalue weighted by Gasteiger charge is -2.00. The molecule has 11 heavy (non-hydrogen) atoms. The van der Waals surface area contributed by atoms with Gasteiger partial charge in [0, 0.05) is 6.08 Å². The lowest BCUT2D eigenvalue weighted by Crippen LogP contribution is -2.23. The number of ether oxygens (including phenoxy) is 1. The Labute approximate surface area is 59.9 Å². The topological polar surface area (TPSA) is 35.7 Å². The van der Waals surface area contributed by atoms with Crippen LogP contribution >= 0.6 is 0 Å². The first-order chi connectivity index (χ1) is 5.08. The minimum atomic E-state index is -4.72. The van der Waals surface area contributed by atoms with Crippen molar-refractivity contribution in [1.82, 2.24) is 4.99 Å². The summed E-state index contributed by atoms with van der Waals surface area (Å²) in [4.78, 5) is 6.42. The highest BCUT2D eigenvalue weighted by molar-refractivity contribution is 5.87. The van der Waals surface area contributed by atoms with Gasteiger partial charge in [-0.3, -0.25) is 0 Å². The number of amidine groups is 1. The first-order valence-electron chi connectivity index (χ1n) is 2.61. The Morgan fingerprint density at radius 3 is 2.64 bits per heavy atom. The van der Waals surface area contributed by atoms with Crippen molar-refractivity contribution in [2.75, 3.05) is 0 Å². The Balaban J connectivity index is 2.58. The summed E-state index contributed by atoms with van der Waals surface area (Å²) in [7, 11) is 0. The number of nitrogens with zero attached hydrogens (tertiary/aromatic N) is 2. The second-order valence-corrected chi connectivity index (χ2v) is 1.58.